The first-order chi connectivity index (χ1) is 11.3. The molecule has 0 aromatic carbocycles. The van der Waals surface area contributed by atoms with Crippen LogP contribution in [0.25, 0.3) is 16.2 Å². The van der Waals surface area contributed by atoms with Crippen LogP contribution in [0.3, 0.4) is 0 Å². The largest absolute Gasteiger partial charge is 0.320 e. The lowest BCUT2D eigenvalue weighted by Crippen LogP contribution is -2.12. The van der Waals surface area contributed by atoms with Crippen molar-refractivity contribution in [2.45, 2.75) is 0 Å². The molecule has 4 heterocycles. The molecule has 0 aliphatic heterocycles. The highest BCUT2D eigenvalue weighted by Crippen LogP contribution is 2.23. The highest BCUT2D eigenvalue weighted by Gasteiger charge is 2.12. The van der Waals surface area contributed by atoms with E-state index in [1.165, 1.54) is 0 Å². The zero-order valence-corrected chi connectivity index (χ0v) is 12.8. The van der Waals surface area contributed by atoms with Gasteiger partial charge in [-0.25, -0.2) is 4.98 Å². The minimum atomic E-state index is -0.197. The van der Waals surface area contributed by atoms with Crippen LogP contribution in [0.5, 0.6) is 0 Å². The molecule has 23 heavy (non-hydrogen) atoms. The van der Waals surface area contributed by atoms with Crippen molar-refractivity contribution in [3.05, 3.63) is 72.1 Å². The van der Waals surface area contributed by atoms with Crippen LogP contribution in [0.1, 0.15) is 10.4 Å². The topological polar surface area (TPSA) is 59.3 Å². The average Bonchev–Trinajstić information content (AvgIpc) is 3.25. The van der Waals surface area contributed by atoms with Gasteiger partial charge in [-0.2, -0.15) is 0 Å². The number of thiophene rings is 1. The molecule has 6 heteroatoms. The maximum Gasteiger partial charge on any atom is 0.259 e. The number of amides is 1. The van der Waals surface area contributed by atoms with Crippen LogP contribution in [-0.2, 0) is 0 Å². The fraction of sp³-hybridized carbons (Fsp3) is 0. The van der Waals surface area contributed by atoms with Gasteiger partial charge in [0.2, 0.25) is 0 Å². The molecule has 0 fully saturated rings. The second-order valence-electron chi connectivity index (χ2n) is 4.94. The second-order valence-corrected chi connectivity index (χ2v) is 5.89. The quantitative estimate of drug-likeness (QED) is 0.626. The van der Waals surface area contributed by atoms with Crippen LogP contribution in [0, 0.1) is 0 Å². The Balaban J connectivity index is 1.57. The Hall–Kier alpha value is -2.99. The summed E-state index contributed by atoms with van der Waals surface area (Å²) in [5.41, 5.74) is 2.72. The molecule has 0 spiro atoms. The van der Waals surface area contributed by atoms with E-state index in [0.717, 1.165) is 10.6 Å². The van der Waals surface area contributed by atoms with Gasteiger partial charge in [0, 0.05) is 18.6 Å². The number of rotatable bonds is 3. The highest BCUT2D eigenvalue weighted by molar-refractivity contribution is 7.13. The van der Waals surface area contributed by atoms with Crippen molar-refractivity contribution in [2.75, 3.05) is 5.32 Å². The van der Waals surface area contributed by atoms with Crippen LogP contribution in [0.4, 0.5) is 5.69 Å². The Morgan fingerprint density at radius 1 is 1.09 bits per heavy atom. The van der Waals surface area contributed by atoms with Crippen LogP contribution < -0.4 is 5.32 Å². The van der Waals surface area contributed by atoms with Crippen LogP contribution in [0.15, 0.2) is 66.6 Å². The molecule has 0 saturated heterocycles. The molecule has 4 aromatic heterocycles. The molecule has 0 aliphatic carbocycles. The van der Waals surface area contributed by atoms with E-state index in [4.69, 9.17) is 0 Å². The lowest BCUT2D eigenvalue weighted by molar-refractivity contribution is 0.102. The smallest absolute Gasteiger partial charge is 0.259 e. The first-order valence-corrected chi connectivity index (χ1v) is 7.92. The summed E-state index contributed by atoms with van der Waals surface area (Å²) in [4.78, 5) is 22.1. The van der Waals surface area contributed by atoms with Crippen molar-refractivity contribution in [1.82, 2.24) is 14.4 Å². The van der Waals surface area contributed by atoms with Crippen molar-refractivity contribution in [3.8, 4) is 10.6 Å². The number of hydrogen-bond acceptors (Lipinski definition) is 4. The molecule has 4 rings (SSSR count). The summed E-state index contributed by atoms with van der Waals surface area (Å²) in [6.45, 7) is 0. The molecule has 0 unspecified atom stereocenters. The molecule has 0 atom stereocenters. The van der Waals surface area contributed by atoms with Crippen molar-refractivity contribution < 1.29 is 4.79 Å². The summed E-state index contributed by atoms with van der Waals surface area (Å²) in [5, 5.41) is 4.87. The van der Waals surface area contributed by atoms with Gasteiger partial charge < -0.3 is 9.72 Å². The van der Waals surface area contributed by atoms with E-state index in [2.05, 4.69) is 15.3 Å². The van der Waals surface area contributed by atoms with Crippen LogP contribution >= 0.6 is 11.3 Å². The van der Waals surface area contributed by atoms with Gasteiger partial charge in [0.15, 0.2) is 0 Å². The Morgan fingerprint density at radius 2 is 2.04 bits per heavy atom. The Kier molecular flexibility index (Phi) is 3.36. The Bertz CT molecular complexity index is 958. The molecule has 4 aromatic rings. The summed E-state index contributed by atoms with van der Waals surface area (Å²) in [6.07, 6.45) is 7.01. The molecule has 0 bridgehead atoms. The minimum absolute atomic E-state index is 0.197. The van der Waals surface area contributed by atoms with E-state index in [0.29, 0.717) is 16.9 Å². The fourth-order valence-electron chi connectivity index (χ4n) is 2.35. The third-order valence-electron chi connectivity index (χ3n) is 3.46. The Morgan fingerprint density at radius 3 is 2.83 bits per heavy atom. The summed E-state index contributed by atoms with van der Waals surface area (Å²) in [7, 11) is 0. The number of anilines is 1. The molecule has 1 N–H and O–H groups in total. The van der Waals surface area contributed by atoms with E-state index >= 15 is 0 Å². The highest BCUT2D eigenvalue weighted by atomic mass is 32.1. The zero-order chi connectivity index (χ0) is 15.6. The van der Waals surface area contributed by atoms with Crippen molar-refractivity contribution in [1.29, 1.82) is 0 Å². The van der Waals surface area contributed by atoms with Gasteiger partial charge in [-0.1, -0.05) is 6.07 Å². The molecule has 1 amide bonds. The third kappa shape index (κ3) is 2.60. The lowest BCUT2D eigenvalue weighted by atomic mass is 10.2. The Labute approximate surface area is 136 Å². The summed E-state index contributed by atoms with van der Waals surface area (Å²) >= 11 is 1.63. The van der Waals surface area contributed by atoms with Crippen molar-refractivity contribution in [3.63, 3.8) is 0 Å². The monoisotopic (exact) mass is 320 g/mol. The van der Waals surface area contributed by atoms with Gasteiger partial charge in [-0.15, -0.1) is 11.3 Å². The van der Waals surface area contributed by atoms with E-state index in [-0.39, 0.29) is 5.91 Å². The zero-order valence-electron chi connectivity index (χ0n) is 12.0. The van der Waals surface area contributed by atoms with E-state index in [9.17, 15) is 4.79 Å². The lowest BCUT2D eigenvalue weighted by Gasteiger charge is -2.05. The average molecular weight is 320 g/mol. The molecule has 0 saturated carbocycles. The summed E-state index contributed by atoms with van der Waals surface area (Å²) < 4.78 is 1.81. The van der Waals surface area contributed by atoms with Gasteiger partial charge in [0.25, 0.3) is 5.91 Å². The van der Waals surface area contributed by atoms with Gasteiger partial charge in [-0.05, 0) is 35.7 Å². The molecular weight excluding hydrogens is 308 g/mol. The number of fused-ring (bicyclic) bond motifs is 1. The van der Waals surface area contributed by atoms with Gasteiger partial charge in [0.05, 0.1) is 28.0 Å². The van der Waals surface area contributed by atoms with E-state index < -0.39 is 0 Å². The van der Waals surface area contributed by atoms with E-state index in [1.54, 1.807) is 29.8 Å². The fourth-order valence-corrected chi connectivity index (χ4v) is 3.06. The first-order valence-electron chi connectivity index (χ1n) is 7.04. The van der Waals surface area contributed by atoms with Crippen LogP contribution in [-0.4, -0.2) is 20.3 Å². The summed E-state index contributed by atoms with van der Waals surface area (Å²) in [5.74, 6) is -0.197. The molecule has 0 radical (unpaired) electrons. The normalized spacial score (nSPS) is 10.8. The number of hydrogen-bond donors (Lipinski definition) is 1. The van der Waals surface area contributed by atoms with Gasteiger partial charge in [0.1, 0.15) is 5.65 Å². The van der Waals surface area contributed by atoms with Crippen molar-refractivity contribution >= 4 is 28.6 Å². The number of carbonyl (C=O) groups is 1. The maximum atomic E-state index is 12.4. The number of nitrogens with one attached hydrogen (secondary N) is 1. The molecular formula is C17H12N4OS. The maximum absolute atomic E-state index is 12.4. The predicted molar refractivity (Wildman–Crippen MR) is 90.7 cm³/mol. The number of nitrogens with zero attached hydrogens (tertiary/aromatic N) is 3. The first kappa shape index (κ1) is 13.7. The SMILES string of the molecule is O=C(Nc1ccc(-c2cccs2)nc1)c1ccn2cccnc12. The molecule has 112 valence electrons. The van der Waals surface area contributed by atoms with Gasteiger partial charge >= 0.3 is 0 Å². The van der Waals surface area contributed by atoms with Gasteiger partial charge in [-0.3, -0.25) is 9.78 Å². The molecule has 5 nitrogen and oxygen atoms in total. The van der Waals surface area contributed by atoms with Crippen molar-refractivity contribution in [2.24, 2.45) is 0 Å². The number of carbonyl (C=O) groups excluding carboxylic acids is 1. The van der Waals surface area contributed by atoms with E-state index in [1.807, 2.05) is 52.5 Å². The second kappa shape index (κ2) is 5.66. The minimum Gasteiger partial charge on any atom is -0.320 e. The predicted octanol–water partition coefficient (Wildman–Crippen LogP) is 3.71. The van der Waals surface area contributed by atoms with Crippen LogP contribution in [0.2, 0.25) is 0 Å². The third-order valence-corrected chi connectivity index (χ3v) is 4.35. The number of aromatic nitrogens is 3. The molecule has 0 aliphatic rings. The summed E-state index contributed by atoms with van der Waals surface area (Å²) in [6, 6.07) is 11.3. The number of pyridine rings is 1. The standard InChI is InChI=1S/C17H12N4OS/c22-17(13-6-9-21-8-2-7-18-16(13)21)20-12-4-5-14(19-11-12)15-3-1-10-23-15/h1-11H,(H,20,22).